The molecule has 0 bridgehead atoms. The van der Waals surface area contributed by atoms with Crippen molar-refractivity contribution in [2.45, 2.75) is 32.7 Å². The highest BCUT2D eigenvalue weighted by Gasteiger charge is 2.26. The van der Waals surface area contributed by atoms with Gasteiger partial charge in [0, 0.05) is 29.9 Å². The van der Waals surface area contributed by atoms with Crippen LogP contribution in [0.2, 0.25) is 0 Å². The summed E-state index contributed by atoms with van der Waals surface area (Å²) >= 11 is 0. The van der Waals surface area contributed by atoms with Crippen LogP contribution in [0, 0.1) is 0 Å². The van der Waals surface area contributed by atoms with Gasteiger partial charge >= 0.3 is 0 Å². The molecule has 0 aliphatic heterocycles. The summed E-state index contributed by atoms with van der Waals surface area (Å²) in [5, 5.41) is 0. The van der Waals surface area contributed by atoms with Gasteiger partial charge in [0.2, 0.25) is 0 Å². The van der Waals surface area contributed by atoms with Gasteiger partial charge in [-0.15, -0.1) is 0 Å². The van der Waals surface area contributed by atoms with Crippen molar-refractivity contribution < 1.29 is 9.53 Å². The lowest BCUT2D eigenvalue weighted by molar-refractivity contribution is 0.0620. The highest BCUT2D eigenvalue weighted by molar-refractivity contribution is 5.95. The monoisotopic (exact) mass is 250 g/mol. The molecule has 0 spiro atoms. The summed E-state index contributed by atoms with van der Waals surface area (Å²) in [6, 6.07) is 5.08. The fourth-order valence-electron chi connectivity index (χ4n) is 1.57. The van der Waals surface area contributed by atoms with Crippen LogP contribution in [-0.2, 0) is 0 Å². The molecule has 0 aromatic heterocycles. The molecule has 0 atom stereocenters. The van der Waals surface area contributed by atoms with Gasteiger partial charge < -0.3 is 15.4 Å². The van der Waals surface area contributed by atoms with Gasteiger partial charge in [-0.05, 0) is 32.4 Å². The molecular weight excluding hydrogens is 228 g/mol. The zero-order chi connectivity index (χ0) is 13.9. The number of rotatable bonds is 4. The second-order valence-electron chi connectivity index (χ2n) is 5.03. The van der Waals surface area contributed by atoms with E-state index in [1.807, 2.05) is 20.9 Å². The lowest BCUT2D eigenvalue weighted by Gasteiger charge is -2.35. The number of nitrogen functional groups attached to an aromatic ring is 1. The third kappa shape index (κ3) is 2.94. The number of ether oxygens (including phenoxy) is 1. The van der Waals surface area contributed by atoms with E-state index >= 15 is 0 Å². The first-order valence-corrected chi connectivity index (χ1v) is 6.04. The maximum Gasteiger partial charge on any atom is 0.254 e. The third-order valence-corrected chi connectivity index (χ3v) is 3.49. The average molecular weight is 250 g/mol. The van der Waals surface area contributed by atoms with Crippen molar-refractivity contribution in [3.05, 3.63) is 23.8 Å². The van der Waals surface area contributed by atoms with Gasteiger partial charge in [-0.25, -0.2) is 0 Å². The Morgan fingerprint density at radius 3 is 2.50 bits per heavy atom. The molecular formula is C14H22N2O2. The van der Waals surface area contributed by atoms with Crippen LogP contribution in [0.3, 0.4) is 0 Å². The largest absolute Gasteiger partial charge is 0.497 e. The molecule has 0 aliphatic carbocycles. The van der Waals surface area contributed by atoms with Gasteiger partial charge in [0.25, 0.3) is 5.91 Å². The summed E-state index contributed by atoms with van der Waals surface area (Å²) in [7, 11) is 3.37. The number of methoxy groups -OCH3 is 1. The molecule has 0 radical (unpaired) electrons. The van der Waals surface area contributed by atoms with Crippen molar-refractivity contribution in [3.8, 4) is 5.75 Å². The van der Waals surface area contributed by atoms with E-state index in [1.54, 1.807) is 30.2 Å². The molecule has 1 aromatic carbocycles. The molecule has 0 aliphatic rings. The van der Waals surface area contributed by atoms with Crippen molar-refractivity contribution in [2.24, 2.45) is 0 Å². The Hall–Kier alpha value is -1.71. The number of nitrogens with two attached hydrogens (primary N) is 1. The van der Waals surface area contributed by atoms with Crippen molar-refractivity contribution in [1.82, 2.24) is 4.90 Å². The molecule has 0 fully saturated rings. The predicted octanol–water partition coefficient (Wildman–Crippen LogP) is 2.54. The summed E-state index contributed by atoms with van der Waals surface area (Å²) in [6.07, 6.45) is 0.884. The molecule has 1 rings (SSSR count). The molecule has 4 heteroatoms. The van der Waals surface area contributed by atoms with Crippen molar-refractivity contribution >= 4 is 11.6 Å². The molecule has 0 heterocycles. The Labute approximate surface area is 109 Å². The summed E-state index contributed by atoms with van der Waals surface area (Å²) in [6.45, 7) is 6.13. The third-order valence-electron chi connectivity index (χ3n) is 3.49. The summed E-state index contributed by atoms with van der Waals surface area (Å²) in [5.41, 5.74) is 6.66. The molecule has 100 valence electrons. The van der Waals surface area contributed by atoms with E-state index in [0.29, 0.717) is 17.0 Å². The Kier molecular flexibility index (Phi) is 4.22. The fourth-order valence-corrected chi connectivity index (χ4v) is 1.57. The zero-order valence-corrected chi connectivity index (χ0v) is 11.8. The number of hydrogen-bond donors (Lipinski definition) is 1. The van der Waals surface area contributed by atoms with E-state index in [2.05, 4.69) is 6.92 Å². The lowest BCUT2D eigenvalue weighted by atomic mass is 9.98. The molecule has 1 amide bonds. The molecule has 2 N–H and O–H groups in total. The minimum Gasteiger partial charge on any atom is -0.497 e. The Morgan fingerprint density at radius 2 is 2.00 bits per heavy atom. The Morgan fingerprint density at radius 1 is 1.39 bits per heavy atom. The minimum absolute atomic E-state index is 0.0487. The van der Waals surface area contributed by atoms with E-state index in [-0.39, 0.29) is 11.4 Å². The smallest absolute Gasteiger partial charge is 0.254 e. The van der Waals surface area contributed by atoms with Crippen LogP contribution < -0.4 is 10.5 Å². The molecule has 1 aromatic rings. The fraction of sp³-hybridized carbons (Fsp3) is 0.500. The number of hydrogen-bond acceptors (Lipinski definition) is 3. The second kappa shape index (κ2) is 5.29. The average Bonchev–Trinajstić information content (AvgIpc) is 2.36. The van der Waals surface area contributed by atoms with E-state index < -0.39 is 0 Å². The summed E-state index contributed by atoms with van der Waals surface area (Å²) in [4.78, 5) is 14.1. The van der Waals surface area contributed by atoms with Crippen LogP contribution in [0.4, 0.5) is 5.69 Å². The van der Waals surface area contributed by atoms with Gasteiger partial charge in [-0.1, -0.05) is 6.92 Å². The number of anilines is 1. The molecule has 0 unspecified atom stereocenters. The van der Waals surface area contributed by atoms with Crippen molar-refractivity contribution in [1.29, 1.82) is 0 Å². The number of carbonyl (C=O) groups excluding carboxylic acids is 1. The van der Waals surface area contributed by atoms with E-state index in [0.717, 1.165) is 6.42 Å². The highest BCUT2D eigenvalue weighted by Crippen LogP contribution is 2.23. The minimum atomic E-state index is -0.186. The van der Waals surface area contributed by atoms with Crippen molar-refractivity contribution in [2.75, 3.05) is 19.9 Å². The first-order chi connectivity index (χ1) is 8.31. The molecule has 4 nitrogen and oxygen atoms in total. The maximum atomic E-state index is 12.4. The number of amides is 1. The number of nitrogens with zero attached hydrogens (tertiary/aromatic N) is 1. The van der Waals surface area contributed by atoms with Crippen LogP contribution >= 0.6 is 0 Å². The van der Waals surface area contributed by atoms with Gasteiger partial charge in [0.1, 0.15) is 5.75 Å². The van der Waals surface area contributed by atoms with E-state index in [1.165, 1.54) is 0 Å². The normalized spacial score (nSPS) is 11.2. The highest BCUT2D eigenvalue weighted by atomic mass is 16.5. The van der Waals surface area contributed by atoms with Gasteiger partial charge in [0.05, 0.1) is 7.11 Å². The second-order valence-corrected chi connectivity index (χ2v) is 5.03. The maximum absolute atomic E-state index is 12.4. The summed E-state index contributed by atoms with van der Waals surface area (Å²) < 4.78 is 5.13. The zero-order valence-electron chi connectivity index (χ0n) is 11.8. The van der Waals surface area contributed by atoms with Crippen LogP contribution in [0.25, 0.3) is 0 Å². The van der Waals surface area contributed by atoms with Gasteiger partial charge in [0.15, 0.2) is 0 Å². The Balaban J connectivity index is 3.07. The van der Waals surface area contributed by atoms with Gasteiger partial charge in [-0.3, -0.25) is 4.79 Å². The van der Waals surface area contributed by atoms with Crippen LogP contribution in [-0.4, -0.2) is 30.5 Å². The standard InChI is InChI=1S/C14H22N2O2/c1-6-14(2,3)16(4)13(17)10-7-11(15)9-12(8-10)18-5/h7-9H,6,15H2,1-5H3. The number of benzene rings is 1. The molecule has 0 saturated heterocycles. The lowest BCUT2D eigenvalue weighted by Crippen LogP contribution is -2.44. The SMILES string of the molecule is CCC(C)(C)N(C)C(=O)c1cc(N)cc(OC)c1. The molecule has 0 saturated carbocycles. The van der Waals surface area contributed by atoms with Crippen LogP contribution in [0.15, 0.2) is 18.2 Å². The first-order valence-electron chi connectivity index (χ1n) is 6.04. The van der Waals surface area contributed by atoms with Crippen LogP contribution in [0.1, 0.15) is 37.6 Å². The van der Waals surface area contributed by atoms with Gasteiger partial charge in [-0.2, -0.15) is 0 Å². The first kappa shape index (κ1) is 14.4. The van der Waals surface area contributed by atoms with Crippen LogP contribution in [0.5, 0.6) is 5.75 Å². The predicted molar refractivity (Wildman–Crippen MR) is 73.9 cm³/mol. The summed E-state index contributed by atoms with van der Waals surface area (Å²) in [5.74, 6) is 0.550. The number of carbonyl (C=O) groups is 1. The van der Waals surface area contributed by atoms with E-state index in [4.69, 9.17) is 10.5 Å². The van der Waals surface area contributed by atoms with E-state index in [9.17, 15) is 4.79 Å². The molecule has 18 heavy (non-hydrogen) atoms. The van der Waals surface area contributed by atoms with Crippen molar-refractivity contribution in [3.63, 3.8) is 0 Å². The Bertz CT molecular complexity index is 441. The quantitative estimate of drug-likeness (QED) is 0.835. The topological polar surface area (TPSA) is 55.6 Å².